The van der Waals surface area contributed by atoms with Crippen LogP contribution in [0.2, 0.25) is 0 Å². The number of hydrogen-bond acceptors (Lipinski definition) is 4. The third kappa shape index (κ3) is 4.73. The lowest BCUT2D eigenvalue weighted by Crippen LogP contribution is -2.35. The number of methoxy groups -OCH3 is 1. The Labute approximate surface area is 102 Å². The smallest absolute Gasteiger partial charge is 0.115 e. The number of aliphatic hydroxyl groups excluding tert-OH is 1. The first-order valence-electron chi connectivity index (χ1n) is 5.82. The van der Waals surface area contributed by atoms with Crippen molar-refractivity contribution in [3.8, 4) is 5.75 Å². The molecule has 0 aromatic heterocycles. The second-order valence-corrected chi connectivity index (χ2v) is 4.14. The van der Waals surface area contributed by atoms with Crippen LogP contribution in [-0.2, 0) is 4.74 Å². The normalized spacial score (nSPS) is 14.5. The summed E-state index contributed by atoms with van der Waals surface area (Å²) in [5, 5.41) is 21.9. The van der Waals surface area contributed by atoms with Crippen molar-refractivity contribution in [3.05, 3.63) is 29.8 Å². The summed E-state index contributed by atoms with van der Waals surface area (Å²) in [7, 11) is 1.65. The molecule has 0 bridgehead atoms. The van der Waals surface area contributed by atoms with E-state index in [9.17, 15) is 10.2 Å². The minimum absolute atomic E-state index is 0.00676. The summed E-state index contributed by atoms with van der Waals surface area (Å²) < 4.78 is 4.99. The Bertz CT molecular complexity index is 330. The Balaban J connectivity index is 2.54. The topological polar surface area (TPSA) is 61.7 Å². The molecule has 0 saturated heterocycles. The van der Waals surface area contributed by atoms with Gasteiger partial charge in [0.15, 0.2) is 0 Å². The maximum atomic E-state index is 9.40. The van der Waals surface area contributed by atoms with E-state index in [0.29, 0.717) is 6.61 Å². The molecule has 17 heavy (non-hydrogen) atoms. The molecule has 0 radical (unpaired) electrons. The number of aliphatic hydroxyl groups is 1. The zero-order valence-electron chi connectivity index (χ0n) is 10.4. The van der Waals surface area contributed by atoms with E-state index in [1.807, 2.05) is 19.1 Å². The van der Waals surface area contributed by atoms with Gasteiger partial charge in [-0.1, -0.05) is 12.1 Å². The number of phenols is 1. The number of nitrogens with one attached hydrogen (secondary N) is 1. The fraction of sp³-hybridized carbons (Fsp3) is 0.538. The summed E-state index contributed by atoms with van der Waals surface area (Å²) in [4.78, 5) is 0. The third-order valence-corrected chi connectivity index (χ3v) is 2.75. The first-order valence-corrected chi connectivity index (χ1v) is 5.82. The van der Waals surface area contributed by atoms with Crippen LogP contribution in [0.3, 0.4) is 0 Å². The molecule has 0 aliphatic rings. The maximum absolute atomic E-state index is 9.40. The number of rotatable bonds is 7. The van der Waals surface area contributed by atoms with Gasteiger partial charge in [0.1, 0.15) is 5.75 Å². The minimum Gasteiger partial charge on any atom is -0.508 e. The molecule has 0 aliphatic heterocycles. The van der Waals surface area contributed by atoms with Crippen molar-refractivity contribution in [2.75, 3.05) is 20.3 Å². The van der Waals surface area contributed by atoms with Crippen LogP contribution in [0, 0.1) is 0 Å². The van der Waals surface area contributed by atoms with Gasteiger partial charge in [-0.15, -0.1) is 0 Å². The number of phenolic OH excluding ortho intramolecular Hbond substituents is 1. The Hall–Kier alpha value is -1.10. The van der Waals surface area contributed by atoms with Crippen LogP contribution in [0.25, 0.3) is 0 Å². The molecular formula is C13H21NO3. The summed E-state index contributed by atoms with van der Waals surface area (Å²) in [6.07, 6.45) is 0.760. The van der Waals surface area contributed by atoms with Gasteiger partial charge in [0.05, 0.1) is 6.61 Å². The Morgan fingerprint density at radius 3 is 2.76 bits per heavy atom. The van der Waals surface area contributed by atoms with Crippen molar-refractivity contribution in [2.24, 2.45) is 0 Å². The van der Waals surface area contributed by atoms with E-state index in [2.05, 4.69) is 5.32 Å². The van der Waals surface area contributed by atoms with E-state index in [0.717, 1.165) is 12.0 Å². The summed E-state index contributed by atoms with van der Waals surface area (Å²) >= 11 is 0. The molecular weight excluding hydrogens is 218 g/mol. The lowest BCUT2D eigenvalue weighted by molar-refractivity contribution is 0.156. The first kappa shape index (κ1) is 14.0. The fourth-order valence-electron chi connectivity index (χ4n) is 1.73. The lowest BCUT2D eigenvalue weighted by atomic mass is 10.1. The molecule has 0 amide bonds. The monoisotopic (exact) mass is 239 g/mol. The zero-order chi connectivity index (χ0) is 12.7. The van der Waals surface area contributed by atoms with Crippen LogP contribution < -0.4 is 5.32 Å². The van der Waals surface area contributed by atoms with Gasteiger partial charge < -0.3 is 20.3 Å². The molecule has 1 rings (SSSR count). The maximum Gasteiger partial charge on any atom is 0.115 e. The number of aromatic hydroxyl groups is 1. The first-order chi connectivity index (χ1) is 8.17. The van der Waals surface area contributed by atoms with Gasteiger partial charge in [0.25, 0.3) is 0 Å². The molecule has 0 heterocycles. The molecule has 96 valence electrons. The predicted octanol–water partition coefficient (Wildman–Crippen LogP) is 1.44. The van der Waals surface area contributed by atoms with Crippen molar-refractivity contribution < 1.29 is 14.9 Å². The van der Waals surface area contributed by atoms with Gasteiger partial charge >= 0.3 is 0 Å². The molecule has 2 unspecified atom stereocenters. The van der Waals surface area contributed by atoms with Gasteiger partial charge in [0, 0.05) is 25.8 Å². The third-order valence-electron chi connectivity index (χ3n) is 2.75. The van der Waals surface area contributed by atoms with E-state index >= 15 is 0 Å². The van der Waals surface area contributed by atoms with E-state index in [1.54, 1.807) is 19.2 Å². The second kappa shape index (κ2) is 7.27. The highest BCUT2D eigenvalue weighted by molar-refractivity contribution is 5.29. The summed E-state index contributed by atoms with van der Waals surface area (Å²) in [6, 6.07) is 7.21. The van der Waals surface area contributed by atoms with Crippen LogP contribution in [0.4, 0.5) is 0 Å². The average Bonchev–Trinajstić information content (AvgIpc) is 2.34. The average molecular weight is 239 g/mol. The molecule has 4 nitrogen and oxygen atoms in total. The highest BCUT2D eigenvalue weighted by Crippen LogP contribution is 2.18. The van der Waals surface area contributed by atoms with Crippen molar-refractivity contribution in [2.45, 2.75) is 25.4 Å². The van der Waals surface area contributed by atoms with Crippen LogP contribution in [-0.4, -0.2) is 36.6 Å². The largest absolute Gasteiger partial charge is 0.508 e. The summed E-state index contributed by atoms with van der Waals surface area (Å²) in [5.41, 5.74) is 1.00. The molecule has 0 aliphatic carbocycles. The number of ether oxygens (including phenoxy) is 1. The quantitative estimate of drug-likeness (QED) is 0.674. The van der Waals surface area contributed by atoms with Crippen molar-refractivity contribution in [1.29, 1.82) is 0 Å². The molecule has 0 spiro atoms. The van der Waals surface area contributed by atoms with Gasteiger partial charge in [-0.2, -0.15) is 0 Å². The van der Waals surface area contributed by atoms with Gasteiger partial charge in [-0.05, 0) is 31.0 Å². The molecule has 4 heteroatoms. The molecule has 1 aromatic carbocycles. The van der Waals surface area contributed by atoms with Crippen LogP contribution in [0.5, 0.6) is 5.75 Å². The van der Waals surface area contributed by atoms with Crippen LogP contribution in [0.1, 0.15) is 24.9 Å². The predicted molar refractivity (Wildman–Crippen MR) is 67.0 cm³/mol. The SMILES string of the molecule is COCCC(CO)NC(C)c1cccc(O)c1. The molecule has 3 N–H and O–H groups in total. The number of benzene rings is 1. The highest BCUT2D eigenvalue weighted by Gasteiger charge is 2.12. The molecule has 0 saturated carbocycles. The van der Waals surface area contributed by atoms with E-state index < -0.39 is 0 Å². The van der Waals surface area contributed by atoms with Crippen molar-refractivity contribution in [1.82, 2.24) is 5.32 Å². The van der Waals surface area contributed by atoms with Crippen LogP contribution >= 0.6 is 0 Å². The van der Waals surface area contributed by atoms with Gasteiger partial charge in [-0.25, -0.2) is 0 Å². The van der Waals surface area contributed by atoms with Crippen LogP contribution in [0.15, 0.2) is 24.3 Å². The fourth-order valence-corrected chi connectivity index (χ4v) is 1.73. The highest BCUT2D eigenvalue weighted by atomic mass is 16.5. The van der Waals surface area contributed by atoms with Crippen molar-refractivity contribution >= 4 is 0 Å². The van der Waals surface area contributed by atoms with E-state index in [1.165, 1.54) is 0 Å². The second-order valence-electron chi connectivity index (χ2n) is 4.14. The summed E-state index contributed by atoms with van der Waals surface area (Å²) in [6.45, 7) is 2.70. The van der Waals surface area contributed by atoms with Gasteiger partial charge in [-0.3, -0.25) is 0 Å². The van der Waals surface area contributed by atoms with Gasteiger partial charge in [0.2, 0.25) is 0 Å². The zero-order valence-corrected chi connectivity index (χ0v) is 10.4. The molecule has 1 aromatic rings. The summed E-state index contributed by atoms with van der Waals surface area (Å²) in [5.74, 6) is 0.258. The minimum atomic E-state index is 0.00676. The number of hydrogen-bond donors (Lipinski definition) is 3. The van der Waals surface area contributed by atoms with E-state index in [-0.39, 0.29) is 24.4 Å². The standard InChI is InChI=1S/C13H21NO3/c1-10(11-4-3-5-13(16)8-11)14-12(9-15)6-7-17-2/h3-5,8,10,12,14-16H,6-7,9H2,1-2H3. The Kier molecular flexibility index (Phi) is 5.97. The molecule has 2 atom stereocenters. The van der Waals surface area contributed by atoms with E-state index in [4.69, 9.17) is 4.74 Å². The Morgan fingerprint density at radius 2 is 2.18 bits per heavy atom. The van der Waals surface area contributed by atoms with Crippen molar-refractivity contribution in [3.63, 3.8) is 0 Å². The lowest BCUT2D eigenvalue weighted by Gasteiger charge is -2.21. The Morgan fingerprint density at radius 1 is 1.41 bits per heavy atom. The molecule has 0 fully saturated rings.